The van der Waals surface area contributed by atoms with Gasteiger partial charge in [0.15, 0.2) is 0 Å². The van der Waals surface area contributed by atoms with Crippen molar-refractivity contribution < 1.29 is 14.0 Å². The second-order valence-electron chi connectivity index (χ2n) is 7.16. The van der Waals surface area contributed by atoms with Crippen LogP contribution in [0.15, 0.2) is 18.2 Å². The predicted molar refractivity (Wildman–Crippen MR) is 93.8 cm³/mol. The molecule has 1 saturated heterocycles. The van der Waals surface area contributed by atoms with Crippen LogP contribution in [-0.2, 0) is 4.79 Å². The van der Waals surface area contributed by atoms with Crippen molar-refractivity contribution in [1.29, 1.82) is 0 Å². The first-order valence-electron chi connectivity index (χ1n) is 9.07. The summed E-state index contributed by atoms with van der Waals surface area (Å²) in [6.07, 6.45) is 2.76. The number of likely N-dealkylation sites (tertiary alicyclic amines) is 1. The van der Waals surface area contributed by atoms with Gasteiger partial charge in [0.1, 0.15) is 5.82 Å². The Morgan fingerprint density at radius 3 is 2.68 bits per heavy atom. The topological polar surface area (TPSA) is 61.4 Å². The van der Waals surface area contributed by atoms with E-state index in [1.807, 2.05) is 13.0 Å². The van der Waals surface area contributed by atoms with E-state index in [1.165, 1.54) is 6.07 Å². The van der Waals surface area contributed by atoms with Crippen LogP contribution in [0, 0.1) is 18.7 Å². The SMILES string of the molecule is CCNC(=O)N1C[C@@H](C(=O)NC2CC2)C[C@@H](c2ccc(F)c(C)c2)C1. The molecule has 5 nitrogen and oxygen atoms in total. The van der Waals surface area contributed by atoms with Crippen LogP contribution < -0.4 is 10.6 Å². The van der Waals surface area contributed by atoms with Crippen molar-refractivity contribution in [2.45, 2.75) is 45.1 Å². The normalized spacial score (nSPS) is 23.2. The number of hydrogen-bond donors (Lipinski definition) is 2. The summed E-state index contributed by atoms with van der Waals surface area (Å²) in [5.74, 6) is -0.401. The minimum Gasteiger partial charge on any atom is -0.353 e. The maximum absolute atomic E-state index is 13.6. The molecule has 2 aliphatic rings. The predicted octanol–water partition coefficient (Wildman–Crippen LogP) is 2.55. The number of nitrogens with zero attached hydrogens (tertiary/aromatic N) is 1. The monoisotopic (exact) mass is 347 g/mol. The molecule has 1 heterocycles. The molecule has 2 atom stereocenters. The Labute approximate surface area is 148 Å². The number of hydrogen-bond acceptors (Lipinski definition) is 2. The lowest BCUT2D eigenvalue weighted by Crippen LogP contribution is -2.51. The lowest BCUT2D eigenvalue weighted by molar-refractivity contribution is -0.126. The van der Waals surface area contributed by atoms with Crippen LogP contribution in [0.1, 0.15) is 43.2 Å². The number of aryl methyl sites for hydroxylation is 1. The number of amides is 3. The van der Waals surface area contributed by atoms with Crippen molar-refractivity contribution in [2.75, 3.05) is 19.6 Å². The highest BCUT2D eigenvalue weighted by Gasteiger charge is 2.36. The second-order valence-corrected chi connectivity index (χ2v) is 7.16. The van der Waals surface area contributed by atoms with E-state index in [0.29, 0.717) is 37.7 Å². The molecule has 0 bridgehead atoms. The van der Waals surface area contributed by atoms with Crippen molar-refractivity contribution in [2.24, 2.45) is 5.92 Å². The number of halogens is 1. The highest BCUT2D eigenvalue weighted by molar-refractivity contribution is 5.81. The van der Waals surface area contributed by atoms with Gasteiger partial charge in [-0.2, -0.15) is 0 Å². The van der Waals surface area contributed by atoms with E-state index in [4.69, 9.17) is 0 Å². The Hall–Kier alpha value is -2.11. The molecule has 2 N–H and O–H groups in total. The molecule has 2 fully saturated rings. The summed E-state index contributed by atoms with van der Waals surface area (Å²) in [4.78, 5) is 26.6. The molecule has 6 heteroatoms. The molecule has 0 spiro atoms. The van der Waals surface area contributed by atoms with Crippen molar-refractivity contribution in [3.63, 3.8) is 0 Å². The fourth-order valence-electron chi connectivity index (χ4n) is 3.43. The van der Waals surface area contributed by atoms with Crippen LogP contribution >= 0.6 is 0 Å². The molecule has 1 aliphatic carbocycles. The van der Waals surface area contributed by atoms with Gasteiger partial charge in [-0.25, -0.2) is 9.18 Å². The van der Waals surface area contributed by atoms with E-state index < -0.39 is 0 Å². The Balaban J connectivity index is 1.78. The first-order chi connectivity index (χ1) is 12.0. The van der Waals surface area contributed by atoms with Crippen molar-refractivity contribution in [1.82, 2.24) is 15.5 Å². The lowest BCUT2D eigenvalue weighted by atomic mass is 9.83. The zero-order valence-corrected chi connectivity index (χ0v) is 14.8. The zero-order valence-electron chi connectivity index (χ0n) is 14.8. The summed E-state index contributed by atoms with van der Waals surface area (Å²) in [6, 6.07) is 5.23. The Morgan fingerprint density at radius 1 is 1.28 bits per heavy atom. The van der Waals surface area contributed by atoms with E-state index in [9.17, 15) is 14.0 Å². The van der Waals surface area contributed by atoms with Gasteiger partial charge in [-0.05, 0) is 50.3 Å². The number of urea groups is 1. The maximum Gasteiger partial charge on any atom is 0.317 e. The Morgan fingerprint density at radius 2 is 2.04 bits per heavy atom. The minimum absolute atomic E-state index is 0.0281. The highest BCUT2D eigenvalue weighted by Crippen LogP contribution is 2.32. The summed E-state index contributed by atoms with van der Waals surface area (Å²) < 4.78 is 13.6. The minimum atomic E-state index is -0.233. The molecule has 0 aromatic heterocycles. The molecular formula is C19H26FN3O2. The number of rotatable bonds is 4. The van der Waals surface area contributed by atoms with Crippen LogP contribution in [0.25, 0.3) is 0 Å². The largest absolute Gasteiger partial charge is 0.353 e. The van der Waals surface area contributed by atoms with Crippen LogP contribution in [0.3, 0.4) is 0 Å². The third kappa shape index (κ3) is 4.30. The molecular weight excluding hydrogens is 321 g/mol. The molecule has 1 aromatic carbocycles. The third-order valence-electron chi connectivity index (χ3n) is 5.01. The third-order valence-corrected chi connectivity index (χ3v) is 5.01. The number of nitrogens with one attached hydrogen (secondary N) is 2. The molecule has 0 unspecified atom stereocenters. The fourth-order valence-corrected chi connectivity index (χ4v) is 3.43. The van der Waals surface area contributed by atoms with E-state index in [0.717, 1.165) is 18.4 Å². The maximum atomic E-state index is 13.6. The summed E-state index contributed by atoms with van der Waals surface area (Å²) in [5, 5.41) is 5.87. The van der Waals surface area contributed by atoms with Gasteiger partial charge in [0.25, 0.3) is 0 Å². The van der Waals surface area contributed by atoms with Crippen LogP contribution in [-0.4, -0.2) is 42.5 Å². The van der Waals surface area contributed by atoms with Gasteiger partial charge in [0, 0.05) is 31.6 Å². The summed E-state index contributed by atoms with van der Waals surface area (Å²) >= 11 is 0. The van der Waals surface area contributed by atoms with Crippen LogP contribution in [0.2, 0.25) is 0 Å². The van der Waals surface area contributed by atoms with E-state index in [1.54, 1.807) is 17.9 Å². The summed E-state index contributed by atoms with van der Waals surface area (Å²) in [7, 11) is 0. The number of benzene rings is 1. The molecule has 0 radical (unpaired) electrons. The van der Waals surface area contributed by atoms with E-state index >= 15 is 0 Å². The zero-order chi connectivity index (χ0) is 18.0. The average molecular weight is 347 g/mol. The molecule has 3 rings (SSSR count). The van der Waals surface area contributed by atoms with Crippen LogP contribution in [0.4, 0.5) is 9.18 Å². The Kier molecular flexibility index (Phi) is 5.25. The average Bonchev–Trinajstić information content (AvgIpc) is 3.41. The molecule has 3 amide bonds. The number of piperidine rings is 1. The highest BCUT2D eigenvalue weighted by atomic mass is 19.1. The van der Waals surface area contributed by atoms with Gasteiger partial charge < -0.3 is 15.5 Å². The van der Waals surface area contributed by atoms with Crippen molar-refractivity contribution >= 4 is 11.9 Å². The first kappa shape index (κ1) is 17.7. The Bertz CT molecular complexity index is 660. The molecule has 1 aromatic rings. The lowest BCUT2D eigenvalue weighted by Gasteiger charge is -2.37. The molecule has 25 heavy (non-hydrogen) atoms. The summed E-state index contributed by atoms with van der Waals surface area (Å²) in [5.41, 5.74) is 1.57. The first-order valence-corrected chi connectivity index (χ1v) is 9.07. The fraction of sp³-hybridized carbons (Fsp3) is 0.579. The van der Waals surface area contributed by atoms with Gasteiger partial charge in [-0.1, -0.05) is 12.1 Å². The van der Waals surface area contributed by atoms with Gasteiger partial charge in [-0.15, -0.1) is 0 Å². The van der Waals surface area contributed by atoms with Gasteiger partial charge in [0.2, 0.25) is 5.91 Å². The molecule has 1 aliphatic heterocycles. The second kappa shape index (κ2) is 7.42. The quantitative estimate of drug-likeness (QED) is 0.879. The van der Waals surface area contributed by atoms with E-state index in [-0.39, 0.29) is 29.6 Å². The van der Waals surface area contributed by atoms with Gasteiger partial charge in [-0.3, -0.25) is 4.79 Å². The smallest absolute Gasteiger partial charge is 0.317 e. The van der Waals surface area contributed by atoms with E-state index in [2.05, 4.69) is 10.6 Å². The number of carbonyl (C=O) groups is 2. The van der Waals surface area contributed by atoms with Crippen molar-refractivity contribution in [3.05, 3.63) is 35.1 Å². The summed E-state index contributed by atoms with van der Waals surface area (Å²) in [6.45, 7) is 5.14. The van der Waals surface area contributed by atoms with Crippen molar-refractivity contribution in [3.8, 4) is 0 Å². The van der Waals surface area contributed by atoms with Gasteiger partial charge >= 0.3 is 6.03 Å². The standard InChI is InChI=1S/C19H26FN3O2/c1-3-21-19(25)23-10-14(13-4-7-17(20)12(2)8-13)9-15(11-23)18(24)22-16-5-6-16/h4,7-8,14-16H,3,5-6,9-11H2,1-2H3,(H,21,25)(H,22,24)/t14-,15+/m1/s1. The van der Waals surface area contributed by atoms with Gasteiger partial charge in [0.05, 0.1) is 5.92 Å². The number of carbonyl (C=O) groups excluding carboxylic acids is 2. The molecule has 1 saturated carbocycles. The van der Waals surface area contributed by atoms with Crippen LogP contribution in [0.5, 0.6) is 0 Å². The molecule has 136 valence electrons.